The van der Waals surface area contributed by atoms with Crippen LogP contribution in [0.4, 0.5) is 9.59 Å². The second kappa shape index (κ2) is 20.4. The van der Waals surface area contributed by atoms with E-state index in [1.165, 1.54) is 4.90 Å². The maximum atomic E-state index is 13.2. The monoisotopic (exact) mass is 647 g/mol. The van der Waals surface area contributed by atoms with Crippen LogP contribution in [0.2, 0.25) is 0 Å². The van der Waals surface area contributed by atoms with Crippen LogP contribution in [0.3, 0.4) is 0 Å². The van der Waals surface area contributed by atoms with E-state index < -0.39 is 17.8 Å². The van der Waals surface area contributed by atoms with E-state index in [4.69, 9.17) is 26.0 Å². The van der Waals surface area contributed by atoms with Crippen molar-refractivity contribution >= 4 is 18.1 Å². The third-order valence-electron chi connectivity index (χ3n) is 7.26. The van der Waals surface area contributed by atoms with E-state index in [1.54, 1.807) is 37.7 Å². The standard InChI is InChI=1S/C36H49N5O6/c1-29-15-16-30(27-32(29)45-6)17-18-33(42)39(26-20-38-5)22-11-24-41(35(44)47-36(2,3)4)25-12-23-40(21-10-19-37)34(43)46-28-31-13-8-7-9-14-31/h7-9,13-16,27H,10-12,17-18,20-26,28H2,1-4,6H3. The normalized spacial score (nSPS) is 10.7. The molecule has 0 aromatic heterocycles. The topological polar surface area (TPSA) is 117 Å². The number of amides is 3. The predicted octanol–water partition coefficient (Wildman–Crippen LogP) is 6.25. The Bertz CT molecular complexity index is 1360. The summed E-state index contributed by atoms with van der Waals surface area (Å²) in [7, 11) is 1.62. The van der Waals surface area contributed by atoms with Gasteiger partial charge in [-0.05, 0) is 69.7 Å². The van der Waals surface area contributed by atoms with E-state index in [-0.39, 0.29) is 38.6 Å². The molecule has 11 heteroatoms. The number of hydrogen-bond donors (Lipinski definition) is 0. The number of carbonyl (C=O) groups excluding carboxylic acids is 3. The Morgan fingerprint density at radius 3 is 2.11 bits per heavy atom. The molecule has 0 N–H and O–H groups in total. The molecular weight excluding hydrogens is 598 g/mol. The Labute approximate surface area is 279 Å². The van der Waals surface area contributed by atoms with Crippen LogP contribution in [-0.4, -0.2) is 91.3 Å². The van der Waals surface area contributed by atoms with Crippen molar-refractivity contribution in [1.82, 2.24) is 14.7 Å². The molecule has 254 valence electrons. The van der Waals surface area contributed by atoms with Gasteiger partial charge in [-0.15, -0.1) is 0 Å². The summed E-state index contributed by atoms with van der Waals surface area (Å²) < 4.78 is 16.5. The third-order valence-corrected chi connectivity index (χ3v) is 7.26. The highest BCUT2D eigenvalue weighted by Crippen LogP contribution is 2.20. The second-order valence-corrected chi connectivity index (χ2v) is 12.2. The Kier molecular flexibility index (Phi) is 16.7. The molecule has 3 amide bonds. The number of nitriles is 1. The van der Waals surface area contributed by atoms with E-state index in [9.17, 15) is 14.4 Å². The molecule has 0 unspecified atom stereocenters. The molecule has 0 heterocycles. The maximum Gasteiger partial charge on any atom is 0.410 e. The van der Waals surface area contributed by atoms with Gasteiger partial charge in [-0.3, -0.25) is 4.79 Å². The zero-order valence-corrected chi connectivity index (χ0v) is 28.5. The lowest BCUT2D eigenvalue weighted by Gasteiger charge is -2.29. The summed E-state index contributed by atoms with van der Waals surface area (Å²) in [5.74, 6) is 0.721. The van der Waals surface area contributed by atoms with Crippen LogP contribution in [-0.2, 0) is 27.3 Å². The number of nitrogens with zero attached hydrogens (tertiary/aromatic N) is 5. The van der Waals surface area contributed by atoms with E-state index >= 15 is 0 Å². The molecule has 0 aliphatic heterocycles. The smallest absolute Gasteiger partial charge is 0.410 e. The fourth-order valence-electron chi connectivity index (χ4n) is 4.78. The van der Waals surface area contributed by atoms with Gasteiger partial charge in [0.25, 0.3) is 0 Å². The van der Waals surface area contributed by atoms with E-state index in [2.05, 4.69) is 10.9 Å². The Morgan fingerprint density at radius 1 is 0.872 bits per heavy atom. The molecule has 0 aliphatic carbocycles. The van der Waals surface area contributed by atoms with Crippen LogP contribution in [0.1, 0.15) is 63.1 Å². The van der Waals surface area contributed by atoms with Crippen LogP contribution in [0.15, 0.2) is 48.5 Å². The minimum atomic E-state index is -0.703. The van der Waals surface area contributed by atoms with Crippen molar-refractivity contribution in [2.75, 3.05) is 52.9 Å². The molecular formula is C36H49N5O6. The van der Waals surface area contributed by atoms with Gasteiger partial charge in [0.15, 0.2) is 0 Å². The first-order valence-corrected chi connectivity index (χ1v) is 16.0. The van der Waals surface area contributed by atoms with Crippen molar-refractivity contribution in [2.45, 2.75) is 72.0 Å². The minimum Gasteiger partial charge on any atom is -0.496 e. The van der Waals surface area contributed by atoms with Gasteiger partial charge < -0.3 is 33.8 Å². The Hall–Kier alpha value is -4.77. The first-order chi connectivity index (χ1) is 22.5. The largest absolute Gasteiger partial charge is 0.496 e. The van der Waals surface area contributed by atoms with Gasteiger partial charge in [-0.25, -0.2) is 16.2 Å². The predicted molar refractivity (Wildman–Crippen MR) is 180 cm³/mol. The molecule has 47 heavy (non-hydrogen) atoms. The fraction of sp³-hybridized carbons (Fsp3) is 0.528. The zero-order chi connectivity index (χ0) is 34.7. The molecule has 0 aliphatic rings. The molecule has 2 aromatic carbocycles. The molecule has 2 aromatic rings. The molecule has 0 bridgehead atoms. The molecule has 2 rings (SSSR count). The lowest BCUT2D eigenvalue weighted by molar-refractivity contribution is -0.131. The second-order valence-electron chi connectivity index (χ2n) is 12.2. The lowest BCUT2D eigenvalue weighted by atomic mass is 10.1. The number of ether oxygens (including phenoxy) is 3. The average Bonchev–Trinajstić information content (AvgIpc) is 3.04. The van der Waals surface area contributed by atoms with Crippen molar-refractivity contribution in [3.05, 3.63) is 76.6 Å². The quantitative estimate of drug-likeness (QED) is 0.176. The lowest BCUT2D eigenvalue weighted by Crippen LogP contribution is -2.41. The average molecular weight is 648 g/mol. The summed E-state index contributed by atoms with van der Waals surface area (Å²) in [4.78, 5) is 47.4. The van der Waals surface area contributed by atoms with Crippen molar-refractivity contribution in [3.8, 4) is 11.8 Å². The Balaban J connectivity index is 2.01. The SMILES string of the molecule is [C-]#[N+]CCN(CCCN(CCCN(CCC#N)C(=O)OCc1ccccc1)C(=O)OC(C)(C)C)C(=O)CCc1ccc(C)c(OC)c1. The molecule has 0 radical (unpaired) electrons. The van der Waals surface area contributed by atoms with E-state index in [1.807, 2.05) is 55.5 Å². The van der Waals surface area contributed by atoms with E-state index in [0.717, 1.165) is 22.4 Å². The van der Waals surface area contributed by atoms with Crippen LogP contribution < -0.4 is 4.74 Å². The molecule has 0 saturated carbocycles. The van der Waals surface area contributed by atoms with Gasteiger partial charge in [0, 0.05) is 39.1 Å². The minimum absolute atomic E-state index is 0.0563. The van der Waals surface area contributed by atoms with Gasteiger partial charge in [-0.2, -0.15) is 5.26 Å². The van der Waals surface area contributed by atoms with Crippen molar-refractivity contribution in [1.29, 1.82) is 5.26 Å². The highest BCUT2D eigenvalue weighted by Gasteiger charge is 2.24. The highest BCUT2D eigenvalue weighted by molar-refractivity contribution is 5.76. The van der Waals surface area contributed by atoms with Gasteiger partial charge in [0.1, 0.15) is 18.0 Å². The Morgan fingerprint density at radius 2 is 1.51 bits per heavy atom. The van der Waals surface area contributed by atoms with Crippen LogP contribution in [0.25, 0.3) is 4.85 Å². The molecule has 0 saturated heterocycles. The summed E-state index contributed by atoms with van der Waals surface area (Å²) in [5, 5.41) is 9.11. The van der Waals surface area contributed by atoms with Crippen molar-refractivity contribution < 1.29 is 28.6 Å². The van der Waals surface area contributed by atoms with Gasteiger partial charge in [0.05, 0.1) is 26.1 Å². The first-order valence-electron chi connectivity index (χ1n) is 16.0. The molecule has 0 atom stereocenters. The maximum absolute atomic E-state index is 13.2. The number of hydrogen-bond acceptors (Lipinski definition) is 7. The summed E-state index contributed by atoms with van der Waals surface area (Å²) in [6, 6.07) is 17.3. The molecule has 0 spiro atoms. The van der Waals surface area contributed by atoms with Gasteiger partial charge >= 0.3 is 12.2 Å². The van der Waals surface area contributed by atoms with Crippen molar-refractivity contribution in [2.24, 2.45) is 0 Å². The summed E-state index contributed by atoms with van der Waals surface area (Å²) in [6.07, 6.45) is 0.904. The number of methoxy groups -OCH3 is 1. The zero-order valence-electron chi connectivity index (χ0n) is 28.5. The van der Waals surface area contributed by atoms with Crippen LogP contribution in [0.5, 0.6) is 5.75 Å². The van der Waals surface area contributed by atoms with Gasteiger partial charge in [-0.1, -0.05) is 42.5 Å². The van der Waals surface area contributed by atoms with Gasteiger partial charge in [0.2, 0.25) is 12.5 Å². The van der Waals surface area contributed by atoms with Crippen LogP contribution >= 0.6 is 0 Å². The fourth-order valence-corrected chi connectivity index (χ4v) is 4.78. The summed E-state index contributed by atoms with van der Waals surface area (Å²) in [5.41, 5.74) is 2.17. The molecule has 0 fully saturated rings. The first kappa shape index (κ1) is 38.4. The summed E-state index contributed by atoms with van der Waals surface area (Å²) >= 11 is 0. The third kappa shape index (κ3) is 14.9. The molecule has 11 nitrogen and oxygen atoms in total. The highest BCUT2D eigenvalue weighted by atomic mass is 16.6. The van der Waals surface area contributed by atoms with Crippen LogP contribution in [0, 0.1) is 24.8 Å². The number of aryl methyl sites for hydroxylation is 2. The van der Waals surface area contributed by atoms with Crippen molar-refractivity contribution in [3.63, 3.8) is 0 Å². The summed E-state index contributed by atoms with van der Waals surface area (Å²) in [6.45, 7) is 16.7. The number of rotatable bonds is 18. The van der Waals surface area contributed by atoms with E-state index in [0.29, 0.717) is 51.9 Å². The number of benzene rings is 2. The number of carbonyl (C=O) groups is 3.